The molecule has 112 valence electrons. The van der Waals surface area contributed by atoms with Gasteiger partial charge >= 0.3 is 0 Å². The number of nitrogens with two attached hydrogens (primary N) is 1. The lowest BCUT2D eigenvalue weighted by molar-refractivity contribution is 0.304. The van der Waals surface area contributed by atoms with E-state index in [0.29, 0.717) is 17.9 Å². The standard InChI is InChI=1S/C18H17NO2S/c19-18(17-7-4-10-22-17)15-9-8-14(11-16(15)20)21-12-13-5-2-1-3-6-13/h1-11,18,20H,12,19H2/t18-/m1/s1. The minimum Gasteiger partial charge on any atom is -0.507 e. The van der Waals surface area contributed by atoms with Crippen LogP contribution in [0.2, 0.25) is 0 Å². The summed E-state index contributed by atoms with van der Waals surface area (Å²) >= 11 is 1.58. The van der Waals surface area contributed by atoms with Gasteiger partial charge in [0.25, 0.3) is 0 Å². The van der Waals surface area contributed by atoms with E-state index in [9.17, 15) is 5.11 Å². The van der Waals surface area contributed by atoms with Crippen molar-refractivity contribution in [3.05, 3.63) is 82.0 Å². The van der Waals surface area contributed by atoms with Crippen LogP contribution in [0, 0.1) is 0 Å². The summed E-state index contributed by atoms with van der Waals surface area (Å²) in [4.78, 5) is 1.02. The van der Waals surface area contributed by atoms with Crippen molar-refractivity contribution in [1.29, 1.82) is 0 Å². The molecular weight excluding hydrogens is 294 g/mol. The molecule has 0 unspecified atom stereocenters. The largest absolute Gasteiger partial charge is 0.507 e. The maximum atomic E-state index is 10.2. The monoisotopic (exact) mass is 311 g/mol. The Hall–Kier alpha value is -2.30. The molecule has 22 heavy (non-hydrogen) atoms. The lowest BCUT2D eigenvalue weighted by Crippen LogP contribution is -2.10. The Kier molecular flexibility index (Phi) is 4.42. The first-order valence-electron chi connectivity index (χ1n) is 7.02. The van der Waals surface area contributed by atoms with Gasteiger partial charge < -0.3 is 15.6 Å². The second-order valence-electron chi connectivity index (χ2n) is 4.99. The predicted molar refractivity (Wildman–Crippen MR) is 89.2 cm³/mol. The number of phenols is 1. The molecule has 4 heteroatoms. The van der Waals surface area contributed by atoms with Crippen molar-refractivity contribution in [3.63, 3.8) is 0 Å². The van der Waals surface area contributed by atoms with Crippen LogP contribution in [0.15, 0.2) is 66.0 Å². The van der Waals surface area contributed by atoms with E-state index in [0.717, 1.165) is 10.4 Å². The smallest absolute Gasteiger partial charge is 0.124 e. The molecule has 3 rings (SSSR count). The number of benzene rings is 2. The summed E-state index contributed by atoms with van der Waals surface area (Å²) in [7, 11) is 0. The Balaban J connectivity index is 1.72. The number of rotatable bonds is 5. The zero-order chi connectivity index (χ0) is 15.4. The molecule has 0 saturated heterocycles. The van der Waals surface area contributed by atoms with Crippen LogP contribution >= 0.6 is 11.3 Å². The number of aromatic hydroxyl groups is 1. The SMILES string of the molecule is N[C@@H](c1cccs1)c1ccc(OCc2ccccc2)cc1O. The highest BCUT2D eigenvalue weighted by Gasteiger charge is 2.14. The van der Waals surface area contributed by atoms with E-state index in [1.165, 1.54) is 0 Å². The highest BCUT2D eigenvalue weighted by atomic mass is 32.1. The molecule has 0 saturated carbocycles. The number of ether oxygens (including phenoxy) is 1. The minimum absolute atomic E-state index is 0.159. The molecule has 1 heterocycles. The minimum atomic E-state index is -0.317. The van der Waals surface area contributed by atoms with Gasteiger partial charge in [0, 0.05) is 16.5 Å². The summed E-state index contributed by atoms with van der Waals surface area (Å²) in [5, 5.41) is 12.2. The number of hydrogen-bond acceptors (Lipinski definition) is 4. The zero-order valence-electron chi connectivity index (χ0n) is 12.0. The van der Waals surface area contributed by atoms with E-state index < -0.39 is 0 Å². The molecule has 2 aromatic carbocycles. The van der Waals surface area contributed by atoms with Crippen LogP contribution in [0.25, 0.3) is 0 Å². The first-order valence-corrected chi connectivity index (χ1v) is 7.90. The summed E-state index contributed by atoms with van der Waals surface area (Å²) in [6.45, 7) is 0.469. The molecule has 1 atom stereocenters. The summed E-state index contributed by atoms with van der Waals surface area (Å²) in [6.07, 6.45) is 0. The van der Waals surface area contributed by atoms with Crippen molar-refractivity contribution in [2.45, 2.75) is 12.6 Å². The fourth-order valence-electron chi connectivity index (χ4n) is 2.24. The number of thiophene rings is 1. The van der Waals surface area contributed by atoms with Gasteiger partial charge in [0.1, 0.15) is 18.1 Å². The molecule has 0 aliphatic heterocycles. The van der Waals surface area contributed by atoms with Crippen molar-refractivity contribution in [3.8, 4) is 11.5 Å². The molecule has 0 radical (unpaired) electrons. The van der Waals surface area contributed by atoms with Gasteiger partial charge in [-0.05, 0) is 29.1 Å². The molecule has 3 N–H and O–H groups in total. The van der Waals surface area contributed by atoms with Gasteiger partial charge in [-0.2, -0.15) is 0 Å². The Bertz CT molecular complexity index is 726. The van der Waals surface area contributed by atoms with Crippen molar-refractivity contribution in [1.82, 2.24) is 0 Å². The van der Waals surface area contributed by atoms with E-state index in [4.69, 9.17) is 10.5 Å². The molecule has 0 fully saturated rings. The molecule has 0 spiro atoms. The summed E-state index contributed by atoms with van der Waals surface area (Å²) < 4.78 is 5.70. The number of hydrogen-bond donors (Lipinski definition) is 2. The van der Waals surface area contributed by atoms with E-state index in [1.807, 2.05) is 60.0 Å². The summed E-state index contributed by atoms with van der Waals surface area (Å²) in [5.41, 5.74) is 7.97. The topological polar surface area (TPSA) is 55.5 Å². The van der Waals surface area contributed by atoms with Gasteiger partial charge in [0.05, 0.1) is 6.04 Å². The summed E-state index contributed by atoms with van der Waals surface area (Å²) in [5.74, 6) is 0.787. The van der Waals surface area contributed by atoms with Crippen LogP contribution in [0.3, 0.4) is 0 Å². The van der Waals surface area contributed by atoms with Gasteiger partial charge in [-0.15, -0.1) is 11.3 Å². The second-order valence-corrected chi connectivity index (χ2v) is 5.97. The van der Waals surface area contributed by atoms with Crippen LogP contribution in [0.1, 0.15) is 22.0 Å². The van der Waals surface area contributed by atoms with Crippen LogP contribution < -0.4 is 10.5 Å². The molecule has 1 aromatic heterocycles. The fraction of sp³-hybridized carbons (Fsp3) is 0.111. The first-order chi connectivity index (χ1) is 10.7. The lowest BCUT2D eigenvalue weighted by atomic mass is 10.0. The molecule has 3 aromatic rings. The van der Waals surface area contributed by atoms with Crippen molar-refractivity contribution in [2.75, 3.05) is 0 Å². The lowest BCUT2D eigenvalue weighted by Gasteiger charge is -2.14. The third kappa shape index (κ3) is 3.30. The predicted octanol–water partition coefficient (Wildman–Crippen LogP) is 4.08. The fourth-order valence-corrected chi connectivity index (χ4v) is 2.98. The van der Waals surface area contributed by atoms with Crippen LogP contribution in [-0.2, 0) is 6.61 Å². The van der Waals surface area contributed by atoms with Crippen LogP contribution in [0.4, 0.5) is 0 Å². The van der Waals surface area contributed by atoms with E-state index in [2.05, 4.69) is 0 Å². The van der Waals surface area contributed by atoms with Crippen molar-refractivity contribution in [2.24, 2.45) is 5.73 Å². The Labute approximate surface area is 133 Å². The van der Waals surface area contributed by atoms with Crippen molar-refractivity contribution >= 4 is 11.3 Å². The van der Waals surface area contributed by atoms with Crippen LogP contribution in [0.5, 0.6) is 11.5 Å². The molecule has 0 bridgehead atoms. The first kappa shape index (κ1) is 14.6. The molecule has 0 amide bonds. The van der Waals surface area contributed by atoms with Crippen LogP contribution in [-0.4, -0.2) is 5.11 Å². The Morgan fingerprint density at radius 2 is 1.86 bits per heavy atom. The highest BCUT2D eigenvalue weighted by molar-refractivity contribution is 7.10. The van der Waals surface area contributed by atoms with Gasteiger partial charge in [-0.25, -0.2) is 0 Å². The Morgan fingerprint density at radius 1 is 1.05 bits per heavy atom. The average molecular weight is 311 g/mol. The normalized spacial score (nSPS) is 12.0. The quantitative estimate of drug-likeness (QED) is 0.746. The highest BCUT2D eigenvalue weighted by Crippen LogP contribution is 2.32. The van der Waals surface area contributed by atoms with Crippen molar-refractivity contribution < 1.29 is 9.84 Å². The third-order valence-electron chi connectivity index (χ3n) is 3.43. The van der Waals surface area contributed by atoms with Gasteiger partial charge in [0.2, 0.25) is 0 Å². The second kappa shape index (κ2) is 6.64. The third-order valence-corrected chi connectivity index (χ3v) is 4.39. The number of phenolic OH excluding ortho intramolecular Hbond substituents is 1. The molecule has 0 aliphatic rings. The maximum absolute atomic E-state index is 10.2. The van der Waals surface area contributed by atoms with E-state index >= 15 is 0 Å². The Morgan fingerprint density at radius 3 is 2.55 bits per heavy atom. The van der Waals surface area contributed by atoms with Gasteiger partial charge in [-0.3, -0.25) is 0 Å². The molecular formula is C18H17NO2S. The average Bonchev–Trinajstić information content (AvgIpc) is 3.08. The summed E-state index contributed by atoms with van der Waals surface area (Å²) in [6, 6.07) is 18.8. The zero-order valence-corrected chi connectivity index (χ0v) is 12.8. The van der Waals surface area contributed by atoms with Gasteiger partial charge in [0.15, 0.2) is 0 Å². The molecule has 0 aliphatic carbocycles. The van der Waals surface area contributed by atoms with E-state index in [-0.39, 0.29) is 11.8 Å². The maximum Gasteiger partial charge on any atom is 0.124 e. The molecule has 3 nitrogen and oxygen atoms in total. The van der Waals surface area contributed by atoms with E-state index in [1.54, 1.807) is 17.4 Å². The van der Waals surface area contributed by atoms with Gasteiger partial charge in [-0.1, -0.05) is 36.4 Å².